The zero-order valence-corrected chi connectivity index (χ0v) is 12.0. The molecule has 6 nitrogen and oxygen atoms in total. The van der Waals surface area contributed by atoms with Gasteiger partial charge in [0.15, 0.2) is 0 Å². The Hall–Kier alpha value is -1.15. The average Bonchev–Trinajstić information content (AvgIpc) is 2.38. The lowest BCUT2D eigenvalue weighted by molar-refractivity contribution is 0.0222. The minimum absolute atomic E-state index is 0.152. The predicted molar refractivity (Wildman–Crippen MR) is 76.5 cm³/mol. The van der Waals surface area contributed by atoms with Crippen molar-refractivity contribution in [3.05, 3.63) is 29.8 Å². The molecule has 0 amide bonds. The van der Waals surface area contributed by atoms with Crippen LogP contribution >= 0.6 is 0 Å². The summed E-state index contributed by atoms with van der Waals surface area (Å²) in [4.78, 5) is 0. The number of aliphatic hydroxyl groups is 1. The Morgan fingerprint density at radius 2 is 2.05 bits per heavy atom. The van der Waals surface area contributed by atoms with Gasteiger partial charge in [-0.3, -0.25) is 0 Å². The number of hydrogen-bond acceptors (Lipinski definition) is 5. The molecule has 0 unspecified atom stereocenters. The van der Waals surface area contributed by atoms with Crippen molar-refractivity contribution >= 4 is 15.7 Å². The van der Waals surface area contributed by atoms with Gasteiger partial charge in [-0.25, -0.2) is 13.1 Å². The summed E-state index contributed by atoms with van der Waals surface area (Å²) in [6.07, 6.45) is 0.944. The summed E-state index contributed by atoms with van der Waals surface area (Å²) in [5.74, 6) is -0.152. The molecule has 0 aliphatic carbocycles. The second kappa shape index (κ2) is 6.09. The molecule has 0 aromatic heterocycles. The smallest absolute Gasteiger partial charge is 0.216 e. The maximum absolute atomic E-state index is 12.2. The van der Waals surface area contributed by atoms with E-state index in [1.807, 2.05) is 0 Å². The van der Waals surface area contributed by atoms with Gasteiger partial charge in [0.2, 0.25) is 10.0 Å². The van der Waals surface area contributed by atoms with Gasteiger partial charge in [0, 0.05) is 18.9 Å². The van der Waals surface area contributed by atoms with Crippen molar-refractivity contribution in [1.82, 2.24) is 4.72 Å². The van der Waals surface area contributed by atoms with E-state index in [-0.39, 0.29) is 12.4 Å². The number of aliphatic hydroxyl groups excluding tert-OH is 1. The number of sulfonamides is 1. The van der Waals surface area contributed by atoms with Crippen LogP contribution in [0.3, 0.4) is 0 Å². The first kappa shape index (κ1) is 15.2. The van der Waals surface area contributed by atoms with Crippen molar-refractivity contribution in [2.45, 2.75) is 24.1 Å². The molecule has 112 valence electrons. The third-order valence-corrected chi connectivity index (χ3v) is 4.89. The van der Waals surface area contributed by atoms with Crippen molar-refractivity contribution < 1.29 is 18.3 Å². The fraction of sp³-hybridized carbons (Fsp3) is 0.538. The Morgan fingerprint density at radius 3 is 2.65 bits per heavy atom. The van der Waals surface area contributed by atoms with Gasteiger partial charge in [-0.2, -0.15) is 0 Å². The van der Waals surface area contributed by atoms with E-state index in [1.54, 1.807) is 24.3 Å². The normalized spacial score (nSPS) is 18.9. The minimum atomic E-state index is -3.54. The van der Waals surface area contributed by atoms with E-state index in [0.717, 1.165) is 0 Å². The van der Waals surface area contributed by atoms with E-state index >= 15 is 0 Å². The van der Waals surface area contributed by atoms with Crippen LogP contribution in [0.2, 0.25) is 0 Å². The zero-order chi connectivity index (χ0) is 14.6. The molecular formula is C13H20N2O4S. The highest BCUT2D eigenvalue weighted by Gasteiger charge is 2.35. The highest BCUT2D eigenvalue weighted by molar-refractivity contribution is 7.88. The summed E-state index contributed by atoms with van der Waals surface area (Å²) < 4.78 is 32.3. The number of ether oxygens (including phenoxy) is 1. The fourth-order valence-corrected chi connectivity index (χ4v) is 3.94. The van der Waals surface area contributed by atoms with E-state index in [4.69, 9.17) is 10.5 Å². The summed E-state index contributed by atoms with van der Waals surface area (Å²) in [5, 5.41) is 9.51. The minimum Gasteiger partial charge on any atom is -0.399 e. The Balaban J connectivity index is 2.10. The van der Waals surface area contributed by atoms with Gasteiger partial charge < -0.3 is 15.6 Å². The molecule has 2 rings (SSSR count). The Kier molecular flexibility index (Phi) is 4.64. The molecule has 1 heterocycles. The lowest BCUT2D eigenvalue weighted by Gasteiger charge is -2.35. The van der Waals surface area contributed by atoms with Crippen molar-refractivity contribution in [2.24, 2.45) is 0 Å². The molecule has 0 spiro atoms. The first-order valence-corrected chi connectivity index (χ1v) is 8.15. The van der Waals surface area contributed by atoms with Gasteiger partial charge in [0.1, 0.15) is 0 Å². The van der Waals surface area contributed by atoms with Crippen LogP contribution in [0.25, 0.3) is 0 Å². The van der Waals surface area contributed by atoms with Gasteiger partial charge in [0.05, 0.1) is 17.9 Å². The standard InChI is InChI=1S/C13H20N2O4S/c14-12-3-1-2-11(8-12)9-20(17,18)15-13(10-16)4-6-19-7-5-13/h1-3,8,15-16H,4-7,9-10,14H2. The number of nitrogens with two attached hydrogens (primary N) is 1. The molecule has 1 fully saturated rings. The number of rotatable bonds is 5. The third kappa shape index (κ3) is 3.92. The highest BCUT2D eigenvalue weighted by atomic mass is 32.2. The van der Waals surface area contributed by atoms with Gasteiger partial charge >= 0.3 is 0 Å². The van der Waals surface area contributed by atoms with Crippen molar-refractivity contribution in [2.75, 3.05) is 25.6 Å². The van der Waals surface area contributed by atoms with Gasteiger partial charge in [-0.1, -0.05) is 12.1 Å². The van der Waals surface area contributed by atoms with Gasteiger partial charge in [-0.05, 0) is 30.5 Å². The molecule has 1 aromatic rings. The van der Waals surface area contributed by atoms with Crippen LogP contribution in [0.15, 0.2) is 24.3 Å². The van der Waals surface area contributed by atoms with Crippen molar-refractivity contribution in [3.8, 4) is 0 Å². The molecule has 0 bridgehead atoms. The van der Waals surface area contributed by atoms with Crippen molar-refractivity contribution in [1.29, 1.82) is 0 Å². The molecule has 0 radical (unpaired) electrons. The third-order valence-electron chi connectivity index (χ3n) is 3.43. The molecule has 1 aliphatic heterocycles. The van der Waals surface area contributed by atoms with E-state index < -0.39 is 15.6 Å². The van der Waals surface area contributed by atoms with Crippen LogP contribution in [0.1, 0.15) is 18.4 Å². The fourth-order valence-electron chi connectivity index (χ4n) is 2.32. The Labute approximate surface area is 119 Å². The van der Waals surface area contributed by atoms with Crippen LogP contribution in [0.4, 0.5) is 5.69 Å². The zero-order valence-electron chi connectivity index (χ0n) is 11.2. The number of anilines is 1. The molecular weight excluding hydrogens is 280 g/mol. The first-order chi connectivity index (χ1) is 9.45. The SMILES string of the molecule is Nc1cccc(CS(=O)(=O)NC2(CO)CCOCC2)c1. The van der Waals surface area contributed by atoms with E-state index in [0.29, 0.717) is 37.3 Å². The summed E-state index contributed by atoms with van der Waals surface area (Å²) in [6.45, 7) is 0.662. The molecule has 7 heteroatoms. The predicted octanol–water partition coefficient (Wildman–Crippen LogP) is 0.230. The van der Waals surface area contributed by atoms with Gasteiger partial charge in [0.25, 0.3) is 0 Å². The Morgan fingerprint density at radius 1 is 1.35 bits per heavy atom. The number of hydrogen-bond donors (Lipinski definition) is 3. The summed E-state index contributed by atoms with van der Waals surface area (Å²) in [5.41, 5.74) is 5.99. The second-order valence-electron chi connectivity index (χ2n) is 5.16. The molecule has 0 atom stereocenters. The first-order valence-electron chi connectivity index (χ1n) is 6.49. The maximum Gasteiger partial charge on any atom is 0.216 e. The van der Waals surface area contributed by atoms with E-state index in [9.17, 15) is 13.5 Å². The molecule has 0 saturated carbocycles. The van der Waals surface area contributed by atoms with Crippen LogP contribution in [-0.2, 0) is 20.5 Å². The van der Waals surface area contributed by atoms with Gasteiger partial charge in [-0.15, -0.1) is 0 Å². The summed E-state index contributed by atoms with van der Waals surface area (Å²) in [7, 11) is -3.54. The maximum atomic E-state index is 12.2. The van der Waals surface area contributed by atoms with E-state index in [1.165, 1.54) is 0 Å². The number of nitrogen functional groups attached to an aromatic ring is 1. The quantitative estimate of drug-likeness (QED) is 0.676. The topological polar surface area (TPSA) is 102 Å². The average molecular weight is 300 g/mol. The molecule has 1 aliphatic rings. The summed E-state index contributed by atoms with van der Waals surface area (Å²) >= 11 is 0. The second-order valence-corrected chi connectivity index (χ2v) is 6.88. The van der Waals surface area contributed by atoms with Crippen molar-refractivity contribution in [3.63, 3.8) is 0 Å². The Bertz CT molecular complexity index is 553. The monoisotopic (exact) mass is 300 g/mol. The van der Waals surface area contributed by atoms with Crippen LogP contribution in [0, 0.1) is 0 Å². The largest absolute Gasteiger partial charge is 0.399 e. The highest BCUT2D eigenvalue weighted by Crippen LogP contribution is 2.22. The lowest BCUT2D eigenvalue weighted by Crippen LogP contribution is -2.54. The number of nitrogens with one attached hydrogen (secondary N) is 1. The number of benzene rings is 1. The lowest BCUT2D eigenvalue weighted by atomic mass is 9.93. The van der Waals surface area contributed by atoms with Crippen LogP contribution < -0.4 is 10.5 Å². The van der Waals surface area contributed by atoms with E-state index in [2.05, 4.69) is 4.72 Å². The molecule has 4 N–H and O–H groups in total. The molecule has 1 saturated heterocycles. The molecule has 1 aromatic carbocycles. The molecule has 20 heavy (non-hydrogen) atoms. The summed E-state index contributed by atoms with van der Waals surface area (Å²) in [6, 6.07) is 6.77. The van der Waals surface area contributed by atoms with Crippen LogP contribution in [-0.4, -0.2) is 38.9 Å². The van der Waals surface area contributed by atoms with Crippen LogP contribution in [0.5, 0.6) is 0 Å².